The Morgan fingerprint density at radius 3 is 2.47 bits per heavy atom. The van der Waals surface area contributed by atoms with Gasteiger partial charge in [0.25, 0.3) is 5.91 Å². The highest BCUT2D eigenvalue weighted by molar-refractivity contribution is 7.89. The van der Waals surface area contributed by atoms with Crippen LogP contribution in [0.5, 0.6) is 5.75 Å². The van der Waals surface area contributed by atoms with Crippen molar-refractivity contribution in [2.75, 3.05) is 31.1 Å². The number of fused-ring (bicyclic) bond motifs is 1. The van der Waals surface area contributed by atoms with Crippen molar-refractivity contribution in [2.24, 2.45) is 0 Å². The molecule has 0 aliphatic carbocycles. The van der Waals surface area contributed by atoms with E-state index in [1.807, 2.05) is 4.90 Å². The summed E-state index contributed by atoms with van der Waals surface area (Å²) in [5.74, 6) is 0.311. The van der Waals surface area contributed by atoms with Crippen LogP contribution in [0.2, 0.25) is 0 Å². The van der Waals surface area contributed by atoms with Gasteiger partial charge in [-0.2, -0.15) is 17.5 Å². The van der Waals surface area contributed by atoms with E-state index in [1.165, 1.54) is 34.9 Å². The van der Waals surface area contributed by atoms with Crippen LogP contribution in [-0.2, 0) is 16.2 Å². The van der Waals surface area contributed by atoms with Crippen molar-refractivity contribution in [3.8, 4) is 5.75 Å². The van der Waals surface area contributed by atoms with Crippen LogP contribution in [0.1, 0.15) is 35.4 Å². The van der Waals surface area contributed by atoms with Gasteiger partial charge in [0.05, 0.1) is 5.56 Å². The number of nitrogens with zero attached hydrogens (tertiary/aromatic N) is 3. The lowest BCUT2D eigenvalue weighted by atomic mass is 10.1. The monoisotopic (exact) mass is 614 g/mol. The molecule has 226 valence electrons. The Hall–Kier alpha value is -4.10. The Bertz CT molecular complexity index is 1700. The number of halogens is 3. The lowest BCUT2D eigenvalue weighted by molar-refractivity contribution is -0.137. The quantitative estimate of drug-likeness (QED) is 0.309. The second kappa shape index (κ2) is 11.5. The smallest absolute Gasteiger partial charge is 0.416 e. The molecule has 2 saturated heterocycles. The van der Waals surface area contributed by atoms with Gasteiger partial charge in [0.15, 0.2) is 5.76 Å². The minimum atomic E-state index is -4.36. The number of alkyl halides is 3. The topological polar surface area (TPSA) is 105 Å². The maximum Gasteiger partial charge on any atom is 0.416 e. The Kier molecular flexibility index (Phi) is 7.77. The fraction of sp³-hybridized carbons (Fsp3) is 0.333. The molecule has 4 aromatic rings. The molecule has 43 heavy (non-hydrogen) atoms. The summed E-state index contributed by atoms with van der Waals surface area (Å²) in [5, 5.41) is 3.56. The number of nitrogens with one attached hydrogen (secondary N) is 1. The van der Waals surface area contributed by atoms with Gasteiger partial charge in [-0.15, -0.1) is 0 Å². The molecule has 2 aliphatic rings. The molecule has 2 fully saturated rings. The van der Waals surface area contributed by atoms with Crippen molar-refractivity contribution < 1.29 is 35.5 Å². The zero-order chi connectivity index (χ0) is 30.2. The summed E-state index contributed by atoms with van der Waals surface area (Å²) in [6.07, 6.45) is 0.268. The number of hydrogen-bond acceptors (Lipinski definition) is 7. The average molecular weight is 615 g/mol. The lowest BCUT2D eigenvalue weighted by Crippen LogP contribution is -2.38. The maximum absolute atomic E-state index is 12.9. The van der Waals surface area contributed by atoms with E-state index >= 15 is 0 Å². The van der Waals surface area contributed by atoms with Gasteiger partial charge in [-0.1, -0.05) is 0 Å². The normalized spacial score (nSPS) is 18.7. The molecule has 0 spiro atoms. The first-order chi connectivity index (χ1) is 20.6. The van der Waals surface area contributed by atoms with Gasteiger partial charge in [-0.3, -0.25) is 9.78 Å². The standard InChI is InChI=1S/C30H29F3N4O5S/c31-30(32,33)21-3-5-23(6-4-21)36-13-10-24(11-14-36)41-25-7-8-27-20(16-25)17-28(42-27)29(38)35-22-9-15-37(19-22)43(39,40)26-2-1-12-34-18-26/h1-8,12,16-18,22,24H,9-11,13-15,19H2,(H,35,38)/t22-/m1/s1. The summed E-state index contributed by atoms with van der Waals surface area (Å²) in [4.78, 5) is 19.0. The third kappa shape index (κ3) is 6.32. The molecule has 0 unspecified atom stereocenters. The molecule has 1 atom stereocenters. The molecular weight excluding hydrogens is 585 g/mol. The fourth-order valence-corrected chi connectivity index (χ4v) is 6.93. The number of hydrogen-bond donors (Lipinski definition) is 1. The third-order valence-electron chi connectivity index (χ3n) is 7.77. The van der Waals surface area contributed by atoms with Crippen LogP contribution in [0.15, 0.2) is 82.4 Å². The highest BCUT2D eigenvalue weighted by Crippen LogP contribution is 2.32. The van der Waals surface area contributed by atoms with E-state index in [9.17, 15) is 26.4 Å². The van der Waals surface area contributed by atoms with Crippen LogP contribution in [0.3, 0.4) is 0 Å². The zero-order valence-electron chi connectivity index (χ0n) is 23.0. The van der Waals surface area contributed by atoms with E-state index in [2.05, 4.69) is 10.3 Å². The van der Waals surface area contributed by atoms with Crippen molar-refractivity contribution in [3.05, 3.63) is 84.4 Å². The van der Waals surface area contributed by atoms with Gasteiger partial charge in [0, 0.05) is 68.5 Å². The van der Waals surface area contributed by atoms with Gasteiger partial charge < -0.3 is 19.4 Å². The van der Waals surface area contributed by atoms with Gasteiger partial charge in [-0.25, -0.2) is 8.42 Å². The molecule has 1 amide bonds. The number of amides is 1. The molecule has 2 aromatic heterocycles. The van der Waals surface area contributed by atoms with Crippen LogP contribution >= 0.6 is 0 Å². The molecule has 1 N–H and O–H groups in total. The van der Waals surface area contributed by atoms with Crippen molar-refractivity contribution in [3.63, 3.8) is 0 Å². The summed E-state index contributed by atoms with van der Waals surface area (Å²) < 4.78 is 77.6. The number of furan rings is 1. The Morgan fingerprint density at radius 1 is 1.00 bits per heavy atom. The first kappa shape index (κ1) is 29.0. The third-order valence-corrected chi connectivity index (χ3v) is 9.62. The van der Waals surface area contributed by atoms with Crippen molar-refractivity contribution in [1.29, 1.82) is 0 Å². The van der Waals surface area contributed by atoms with Gasteiger partial charge in [0.1, 0.15) is 22.3 Å². The van der Waals surface area contributed by atoms with E-state index in [1.54, 1.807) is 30.3 Å². The predicted octanol–water partition coefficient (Wildman–Crippen LogP) is 5.09. The zero-order valence-corrected chi connectivity index (χ0v) is 23.8. The molecule has 2 aliphatic heterocycles. The van der Waals surface area contributed by atoms with E-state index < -0.39 is 27.7 Å². The number of pyridine rings is 1. The van der Waals surface area contributed by atoms with Crippen LogP contribution < -0.4 is 15.0 Å². The number of benzene rings is 2. The maximum atomic E-state index is 12.9. The van der Waals surface area contributed by atoms with E-state index in [0.29, 0.717) is 49.1 Å². The van der Waals surface area contributed by atoms with E-state index in [0.717, 1.165) is 17.8 Å². The number of anilines is 1. The molecule has 6 rings (SSSR count). The van der Waals surface area contributed by atoms with Gasteiger partial charge in [-0.05, 0) is 67.1 Å². The first-order valence-electron chi connectivity index (χ1n) is 13.9. The summed E-state index contributed by atoms with van der Waals surface area (Å²) in [6, 6.07) is 14.8. The Balaban J connectivity index is 1.03. The fourth-order valence-electron chi connectivity index (χ4n) is 5.46. The number of piperidine rings is 1. The van der Waals surface area contributed by atoms with Crippen LogP contribution in [0.4, 0.5) is 18.9 Å². The highest BCUT2D eigenvalue weighted by Gasteiger charge is 2.34. The SMILES string of the molecule is O=C(N[C@@H]1CCN(S(=O)(=O)c2cccnc2)C1)c1cc2cc(OC3CCN(c4ccc(C(F)(F)F)cc4)CC3)ccc2o1. The number of sulfonamides is 1. The molecule has 0 bridgehead atoms. The first-order valence-corrected chi connectivity index (χ1v) is 15.3. The van der Waals surface area contributed by atoms with Gasteiger partial charge >= 0.3 is 6.18 Å². The molecule has 0 saturated carbocycles. The van der Waals surface area contributed by atoms with Crippen LogP contribution in [-0.4, -0.2) is 61.9 Å². The largest absolute Gasteiger partial charge is 0.490 e. The minimum Gasteiger partial charge on any atom is -0.490 e. The number of carbonyl (C=O) groups excluding carboxylic acids is 1. The molecule has 13 heteroatoms. The Morgan fingerprint density at radius 2 is 1.77 bits per heavy atom. The minimum absolute atomic E-state index is 0.0638. The van der Waals surface area contributed by atoms with Crippen LogP contribution in [0.25, 0.3) is 11.0 Å². The van der Waals surface area contributed by atoms with E-state index in [-0.39, 0.29) is 35.9 Å². The Labute approximate surface area is 246 Å². The van der Waals surface area contributed by atoms with Gasteiger partial charge in [0.2, 0.25) is 10.0 Å². The van der Waals surface area contributed by atoms with E-state index in [4.69, 9.17) is 9.15 Å². The number of rotatable bonds is 7. The average Bonchev–Trinajstić information content (AvgIpc) is 3.65. The van der Waals surface area contributed by atoms with Crippen molar-refractivity contribution in [1.82, 2.24) is 14.6 Å². The van der Waals surface area contributed by atoms with Crippen molar-refractivity contribution in [2.45, 2.75) is 42.5 Å². The second-order valence-corrected chi connectivity index (χ2v) is 12.6. The molecular formula is C30H29F3N4O5S. The molecule has 2 aromatic carbocycles. The number of ether oxygens (including phenoxy) is 1. The number of carbonyl (C=O) groups is 1. The predicted molar refractivity (Wildman–Crippen MR) is 152 cm³/mol. The summed E-state index contributed by atoms with van der Waals surface area (Å²) in [6.45, 7) is 1.73. The highest BCUT2D eigenvalue weighted by atomic mass is 32.2. The summed E-state index contributed by atoms with van der Waals surface area (Å²) in [5.41, 5.74) is 0.599. The summed E-state index contributed by atoms with van der Waals surface area (Å²) >= 11 is 0. The number of aromatic nitrogens is 1. The molecule has 4 heterocycles. The van der Waals surface area contributed by atoms with Crippen LogP contribution in [0, 0.1) is 0 Å². The summed E-state index contributed by atoms with van der Waals surface area (Å²) in [7, 11) is -3.69. The lowest BCUT2D eigenvalue weighted by Gasteiger charge is -2.33. The molecule has 0 radical (unpaired) electrons. The van der Waals surface area contributed by atoms with Crippen molar-refractivity contribution >= 4 is 32.6 Å². The molecule has 9 nitrogen and oxygen atoms in total. The second-order valence-electron chi connectivity index (χ2n) is 10.7.